The van der Waals surface area contributed by atoms with Crippen molar-refractivity contribution in [3.8, 4) is 34.0 Å². The zero-order valence-corrected chi connectivity index (χ0v) is 20.7. The van der Waals surface area contributed by atoms with E-state index in [0.717, 1.165) is 44.7 Å². The molecule has 7 nitrogen and oxygen atoms in total. The molecule has 0 radical (unpaired) electrons. The van der Waals surface area contributed by atoms with Gasteiger partial charge in [-0.05, 0) is 54.1 Å². The SMILES string of the molecule is CNc1cc(-c2cccnc2Oc2ccc(Nc3nnc(-c4ccccc4)c4ccccc34)cc2)ccn1. The summed E-state index contributed by atoms with van der Waals surface area (Å²) < 4.78 is 6.17. The van der Waals surface area contributed by atoms with Gasteiger partial charge in [-0.15, -0.1) is 10.2 Å². The third-order valence-electron chi connectivity index (χ3n) is 6.16. The zero-order chi connectivity index (χ0) is 25.7. The Kier molecular flexibility index (Phi) is 6.30. The molecular weight excluding hydrogens is 472 g/mol. The van der Waals surface area contributed by atoms with Gasteiger partial charge in [-0.2, -0.15) is 0 Å². The van der Waals surface area contributed by atoms with Gasteiger partial charge in [-0.1, -0.05) is 54.6 Å². The van der Waals surface area contributed by atoms with E-state index in [1.807, 2.05) is 98.0 Å². The van der Waals surface area contributed by atoms with E-state index in [1.54, 1.807) is 12.4 Å². The highest BCUT2D eigenvalue weighted by Crippen LogP contribution is 2.34. The van der Waals surface area contributed by atoms with Gasteiger partial charge in [0.25, 0.3) is 0 Å². The summed E-state index contributed by atoms with van der Waals surface area (Å²) in [5.74, 6) is 2.67. The maximum absolute atomic E-state index is 6.17. The molecule has 0 unspecified atom stereocenters. The van der Waals surface area contributed by atoms with Crippen molar-refractivity contribution in [2.75, 3.05) is 17.7 Å². The highest BCUT2D eigenvalue weighted by Gasteiger charge is 2.12. The number of pyridine rings is 2. The second kappa shape index (κ2) is 10.4. The molecule has 0 atom stereocenters. The Hall–Kier alpha value is -5.30. The largest absolute Gasteiger partial charge is 0.438 e. The molecule has 38 heavy (non-hydrogen) atoms. The van der Waals surface area contributed by atoms with Crippen molar-refractivity contribution in [3.05, 3.63) is 116 Å². The first-order valence-corrected chi connectivity index (χ1v) is 12.2. The van der Waals surface area contributed by atoms with Crippen molar-refractivity contribution < 1.29 is 4.74 Å². The Morgan fingerprint density at radius 3 is 2.26 bits per heavy atom. The van der Waals surface area contributed by atoms with E-state index in [4.69, 9.17) is 4.74 Å². The zero-order valence-electron chi connectivity index (χ0n) is 20.7. The molecule has 7 heteroatoms. The lowest BCUT2D eigenvalue weighted by molar-refractivity contribution is 0.465. The number of fused-ring (bicyclic) bond motifs is 1. The molecule has 6 rings (SSSR count). The molecule has 0 aliphatic heterocycles. The predicted molar refractivity (Wildman–Crippen MR) is 152 cm³/mol. The van der Waals surface area contributed by atoms with E-state index in [1.165, 1.54) is 0 Å². The second-order valence-corrected chi connectivity index (χ2v) is 8.60. The molecule has 0 aliphatic carbocycles. The molecule has 0 bridgehead atoms. The Morgan fingerprint density at radius 2 is 1.45 bits per heavy atom. The lowest BCUT2D eigenvalue weighted by Gasteiger charge is -2.13. The fourth-order valence-corrected chi connectivity index (χ4v) is 4.29. The molecular formula is C31H24N6O. The minimum atomic E-state index is 0.523. The minimum Gasteiger partial charge on any atom is -0.438 e. The molecule has 0 saturated heterocycles. The summed E-state index contributed by atoms with van der Waals surface area (Å²) in [5.41, 5.74) is 4.62. The smallest absolute Gasteiger partial charge is 0.227 e. The number of rotatable bonds is 7. The number of benzene rings is 3. The van der Waals surface area contributed by atoms with E-state index in [0.29, 0.717) is 17.4 Å². The van der Waals surface area contributed by atoms with Crippen LogP contribution in [0.25, 0.3) is 33.2 Å². The molecule has 3 aromatic heterocycles. The number of nitrogens with zero attached hydrogens (tertiary/aromatic N) is 4. The number of anilines is 3. The summed E-state index contributed by atoms with van der Waals surface area (Å²) in [5, 5.41) is 17.6. The van der Waals surface area contributed by atoms with Crippen LogP contribution in [0.15, 0.2) is 116 Å². The highest BCUT2D eigenvalue weighted by atomic mass is 16.5. The van der Waals surface area contributed by atoms with Crippen molar-refractivity contribution >= 4 is 28.1 Å². The molecule has 0 aliphatic rings. The molecule has 184 valence electrons. The summed E-state index contributed by atoms with van der Waals surface area (Å²) in [6, 6.07) is 33.7. The van der Waals surface area contributed by atoms with Gasteiger partial charge in [0.1, 0.15) is 17.3 Å². The van der Waals surface area contributed by atoms with Gasteiger partial charge in [0.15, 0.2) is 5.82 Å². The van der Waals surface area contributed by atoms with Gasteiger partial charge in [-0.3, -0.25) is 0 Å². The van der Waals surface area contributed by atoms with E-state index in [-0.39, 0.29) is 0 Å². The molecule has 0 spiro atoms. The Balaban J connectivity index is 1.25. The molecule has 3 aromatic carbocycles. The van der Waals surface area contributed by atoms with Crippen molar-refractivity contribution in [3.63, 3.8) is 0 Å². The van der Waals surface area contributed by atoms with E-state index >= 15 is 0 Å². The third kappa shape index (κ3) is 4.73. The van der Waals surface area contributed by atoms with Crippen LogP contribution in [0.4, 0.5) is 17.3 Å². The Bertz CT molecular complexity index is 1700. The van der Waals surface area contributed by atoms with Gasteiger partial charge in [-0.25, -0.2) is 9.97 Å². The van der Waals surface area contributed by atoms with Gasteiger partial charge in [0, 0.05) is 47.0 Å². The number of aromatic nitrogens is 4. The maximum atomic E-state index is 6.17. The third-order valence-corrected chi connectivity index (χ3v) is 6.16. The Morgan fingerprint density at radius 1 is 0.658 bits per heavy atom. The van der Waals surface area contributed by atoms with Gasteiger partial charge in [0.05, 0.1) is 0 Å². The summed E-state index contributed by atoms with van der Waals surface area (Å²) in [4.78, 5) is 8.76. The monoisotopic (exact) mass is 496 g/mol. The normalized spacial score (nSPS) is 10.8. The topological polar surface area (TPSA) is 84.9 Å². The molecule has 3 heterocycles. The van der Waals surface area contributed by atoms with Crippen LogP contribution in [0.3, 0.4) is 0 Å². The molecule has 0 fully saturated rings. The standard InChI is InChI=1S/C31H24N6O/c1-32-28-20-22(17-19-33-28)25-12-7-18-34-31(25)38-24-15-13-23(14-16-24)35-30-27-11-6-5-10-26(27)29(36-37-30)21-8-3-2-4-9-21/h2-20H,1H3,(H,32,33)(H,35,37). The highest BCUT2D eigenvalue weighted by molar-refractivity contribution is 6.00. The lowest BCUT2D eigenvalue weighted by atomic mass is 10.0. The fraction of sp³-hybridized carbons (Fsp3) is 0.0323. The molecule has 0 saturated carbocycles. The average molecular weight is 497 g/mol. The quantitative estimate of drug-likeness (QED) is 0.239. The number of ether oxygens (including phenoxy) is 1. The lowest BCUT2D eigenvalue weighted by Crippen LogP contribution is -1.99. The number of hydrogen-bond acceptors (Lipinski definition) is 7. The van der Waals surface area contributed by atoms with Crippen LogP contribution in [-0.4, -0.2) is 27.2 Å². The Labute approximate surface area is 220 Å². The van der Waals surface area contributed by atoms with Gasteiger partial charge in [0.2, 0.25) is 5.88 Å². The summed E-state index contributed by atoms with van der Waals surface area (Å²) in [6.45, 7) is 0. The first-order valence-electron chi connectivity index (χ1n) is 12.2. The van der Waals surface area contributed by atoms with Crippen molar-refractivity contribution in [1.29, 1.82) is 0 Å². The van der Waals surface area contributed by atoms with Gasteiger partial charge < -0.3 is 15.4 Å². The summed E-state index contributed by atoms with van der Waals surface area (Å²) in [6.07, 6.45) is 3.48. The van der Waals surface area contributed by atoms with Crippen molar-refractivity contribution in [2.24, 2.45) is 0 Å². The number of hydrogen-bond donors (Lipinski definition) is 2. The second-order valence-electron chi connectivity index (χ2n) is 8.60. The fourth-order valence-electron chi connectivity index (χ4n) is 4.29. The van der Waals surface area contributed by atoms with Crippen LogP contribution in [0, 0.1) is 0 Å². The van der Waals surface area contributed by atoms with Crippen LogP contribution in [0.1, 0.15) is 0 Å². The van der Waals surface area contributed by atoms with Crippen LogP contribution in [0.2, 0.25) is 0 Å². The van der Waals surface area contributed by atoms with E-state index in [9.17, 15) is 0 Å². The van der Waals surface area contributed by atoms with Crippen molar-refractivity contribution in [2.45, 2.75) is 0 Å². The van der Waals surface area contributed by atoms with Crippen LogP contribution in [0.5, 0.6) is 11.6 Å². The minimum absolute atomic E-state index is 0.523. The average Bonchev–Trinajstić information content (AvgIpc) is 2.99. The molecule has 2 N–H and O–H groups in total. The van der Waals surface area contributed by atoms with Crippen molar-refractivity contribution in [1.82, 2.24) is 20.2 Å². The van der Waals surface area contributed by atoms with E-state index < -0.39 is 0 Å². The van der Waals surface area contributed by atoms with Crippen LogP contribution in [-0.2, 0) is 0 Å². The predicted octanol–water partition coefficient (Wildman–Crippen LogP) is 7.33. The van der Waals surface area contributed by atoms with Crippen LogP contribution < -0.4 is 15.4 Å². The van der Waals surface area contributed by atoms with E-state index in [2.05, 4.69) is 42.9 Å². The number of nitrogens with one attached hydrogen (secondary N) is 2. The summed E-state index contributed by atoms with van der Waals surface area (Å²) >= 11 is 0. The first kappa shape index (κ1) is 23.1. The first-order chi connectivity index (χ1) is 18.8. The maximum Gasteiger partial charge on any atom is 0.227 e. The van der Waals surface area contributed by atoms with Gasteiger partial charge >= 0.3 is 0 Å². The van der Waals surface area contributed by atoms with Crippen LogP contribution >= 0.6 is 0 Å². The summed E-state index contributed by atoms with van der Waals surface area (Å²) in [7, 11) is 1.84. The molecule has 0 amide bonds. The molecule has 6 aromatic rings.